The number of fused-ring (bicyclic) bond motifs is 1. The molecule has 0 spiro atoms. The fraction of sp³-hybridized carbons (Fsp3) is 0.267. The second-order valence-electron chi connectivity index (χ2n) is 9.68. The van der Waals surface area contributed by atoms with Crippen molar-refractivity contribution >= 4 is 23.1 Å². The number of hydrogen-bond acceptors (Lipinski definition) is 5. The molecule has 0 aromatic heterocycles. The van der Waals surface area contributed by atoms with Gasteiger partial charge in [0, 0.05) is 36.2 Å². The molecule has 0 aliphatic carbocycles. The van der Waals surface area contributed by atoms with Crippen LogP contribution in [-0.4, -0.2) is 41.5 Å². The standard InChI is InChI=1S/C30H30FN3O3/c31-24-6-3-22(4-7-24)23-5-10-26-27(17-23)28(30(37)33-29(26)36)18-32-25-8-1-21(2-9-25)19-34-14-11-20(12-15-34)13-16-35/h1-10,17-18,20,32,35H,11-16,19H2,(H,33,36,37). The van der Waals surface area contributed by atoms with Gasteiger partial charge in [-0.1, -0.05) is 30.3 Å². The van der Waals surface area contributed by atoms with Crippen LogP contribution >= 0.6 is 0 Å². The Hall–Kier alpha value is -3.81. The van der Waals surface area contributed by atoms with Gasteiger partial charge < -0.3 is 10.4 Å². The number of amides is 2. The van der Waals surface area contributed by atoms with Crippen molar-refractivity contribution < 1.29 is 19.1 Å². The van der Waals surface area contributed by atoms with Gasteiger partial charge in [-0.15, -0.1) is 0 Å². The lowest BCUT2D eigenvalue weighted by atomic mass is 9.91. The number of halogens is 1. The first-order valence-corrected chi connectivity index (χ1v) is 12.6. The van der Waals surface area contributed by atoms with Gasteiger partial charge in [0.1, 0.15) is 5.82 Å². The molecule has 1 saturated heterocycles. The van der Waals surface area contributed by atoms with Crippen LogP contribution in [0.4, 0.5) is 10.1 Å². The van der Waals surface area contributed by atoms with Crippen LogP contribution in [0.15, 0.2) is 72.9 Å². The lowest BCUT2D eigenvalue weighted by Crippen LogP contribution is -2.36. The fourth-order valence-electron chi connectivity index (χ4n) is 5.03. The number of benzene rings is 3. The van der Waals surface area contributed by atoms with Crippen molar-refractivity contribution in [1.82, 2.24) is 10.2 Å². The van der Waals surface area contributed by atoms with Crippen molar-refractivity contribution in [3.8, 4) is 11.1 Å². The molecule has 2 aliphatic heterocycles. The van der Waals surface area contributed by atoms with Gasteiger partial charge in [-0.05, 0) is 91.4 Å². The van der Waals surface area contributed by atoms with Crippen LogP contribution in [-0.2, 0) is 11.3 Å². The Labute approximate surface area is 215 Å². The summed E-state index contributed by atoms with van der Waals surface area (Å²) in [4.78, 5) is 27.6. The molecule has 2 aliphatic rings. The zero-order chi connectivity index (χ0) is 25.8. The van der Waals surface area contributed by atoms with E-state index in [1.54, 1.807) is 36.5 Å². The topological polar surface area (TPSA) is 81.7 Å². The highest BCUT2D eigenvalue weighted by Crippen LogP contribution is 2.30. The molecule has 3 aromatic rings. The second-order valence-corrected chi connectivity index (χ2v) is 9.68. The lowest BCUT2D eigenvalue weighted by molar-refractivity contribution is -0.114. The number of imide groups is 1. The summed E-state index contributed by atoms with van der Waals surface area (Å²) in [6.07, 6.45) is 4.77. The summed E-state index contributed by atoms with van der Waals surface area (Å²) in [5.41, 5.74) is 4.93. The third kappa shape index (κ3) is 5.79. The van der Waals surface area contributed by atoms with E-state index in [0.29, 0.717) is 22.6 Å². The molecule has 2 heterocycles. The minimum atomic E-state index is -0.470. The van der Waals surface area contributed by atoms with E-state index in [0.717, 1.165) is 55.7 Å². The number of aliphatic hydroxyl groups excluding tert-OH is 1. The second kappa shape index (κ2) is 11.1. The summed E-state index contributed by atoms with van der Waals surface area (Å²) in [5, 5.41) is 14.7. The van der Waals surface area contributed by atoms with E-state index in [-0.39, 0.29) is 12.4 Å². The summed E-state index contributed by atoms with van der Waals surface area (Å²) >= 11 is 0. The third-order valence-corrected chi connectivity index (χ3v) is 7.19. The summed E-state index contributed by atoms with van der Waals surface area (Å²) in [5.74, 6) is -0.602. The first-order chi connectivity index (χ1) is 18.0. The molecular formula is C30H30FN3O3. The van der Waals surface area contributed by atoms with E-state index in [9.17, 15) is 14.0 Å². The van der Waals surface area contributed by atoms with Crippen molar-refractivity contribution in [3.63, 3.8) is 0 Å². The normalized spacial score (nSPS) is 17.5. The van der Waals surface area contributed by atoms with Gasteiger partial charge in [0.25, 0.3) is 11.8 Å². The number of anilines is 1. The summed E-state index contributed by atoms with van der Waals surface area (Å²) in [6.45, 7) is 3.25. The molecule has 0 unspecified atom stereocenters. The minimum Gasteiger partial charge on any atom is -0.396 e. The van der Waals surface area contributed by atoms with Gasteiger partial charge in [-0.3, -0.25) is 19.8 Å². The molecule has 3 aromatic carbocycles. The van der Waals surface area contributed by atoms with Crippen LogP contribution in [0, 0.1) is 11.7 Å². The van der Waals surface area contributed by atoms with Crippen LogP contribution in [0.3, 0.4) is 0 Å². The first kappa shape index (κ1) is 24.9. The SMILES string of the molecule is O=C1NC(=O)c2ccc(-c3ccc(F)cc3)cc2C1=CNc1ccc(CN2CCC(CCO)CC2)cc1. The van der Waals surface area contributed by atoms with Gasteiger partial charge in [0.2, 0.25) is 0 Å². The van der Waals surface area contributed by atoms with Crippen LogP contribution in [0.1, 0.15) is 40.7 Å². The Morgan fingerprint density at radius 2 is 1.62 bits per heavy atom. The molecule has 0 radical (unpaired) electrons. The average Bonchev–Trinajstić information content (AvgIpc) is 2.91. The predicted octanol–water partition coefficient (Wildman–Crippen LogP) is 4.81. The van der Waals surface area contributed by atoms with E-state index in [1.807, 2.05) is 12.1 Å². The van der Waals surface area contributed by atoms with Crippen molar-refractivity contribution in [1.29, 1.82) is 0 Å². The maximum atomic E-state index is 13.4. The Morgan fingerprint density at radius 1 is 0.919 bits per heavy atom. The van der Waals surface area contributed by atoms with E-state index in [2.05, 4.69) is 27.7 Å². The zero-order valence-electron chi connectivity index (χ0n) is 20.5. The number of piperidine rings is 1. The summed E-state index contributed by atoms with van der Waals surface area (Å²) < 4.78 is 13.4. The van der Waals surface area contributed by atoms with Crippen LogP contribution in [0.2, 0.25) is 0 Å². The molecule has 0 bridgehead atoms. The fourth-order valence-corrected chi connectivity index (χ4v) is 5.03. The summed E-state index contributed by atoms with van der Waals surface area (Å²) in [7, 11) is 0. The summed E-state index contributed by atoms with van der Waals surface area (Å²) in [6, 6.07) is 19.5. The molecule has 7 heteroatoms. The Morgan fingerprint density at radius 3 is 2.32 bits per heavy atom. The highest BCUT2D eigenvalue weighted by Gasteiger charge is 2.27. The smallest absolute Gasteiger partial charge is 0.260 e. The number of nitrogens with one attached hydrogen (secondary N) is 2. The van der Waals surface area contributed by atoms with Crippen molar-refractivity contribution in [2.75, 3.05) is 25.0 Å². The van der Waals surface area contributed by atoms with Gasteiger partial charge in [0.15, 0.2) is 0 Å². The van der Waals surface area contributed by atoms with Gasteiger partial charge in [-0.25, -0.2) is 4.39 Å². The lowest BCUT2D eigenvalue weighted by Gasteiger charge is -2.31. The molecule has 0 saturated carbocycles. The molecule has 1 fully saturated rings. The van der Waals surface area contributed by atoms with Gasteiger partial charge in [-0.2, -0.15) is 0 Å². The van der Waals surface area contributed by atoms with E-state index < -0.39 is 11.8 Å². The largest absolute Gasteiger partial charge is 0.396 e. The number of rotatable bonds is 7. The average molecular weight is 500 g/mol. The minimum absolute atomic E-state index is 0.272. The molecule has 3 N–H and O–H groups in total. The predicted molar refractivity (Wildman–Crippen MR) is 142 cm³/mol. The van der Waals surface area contributed by atoms with Crippen molar-refractivity contribution in [2.45, 2.75) is 25.8 Å². The Balaban J connectivity index is 1.30. The van der Waals surface area contributed by atoms with Gasteiger partial charge in [0.05, 0.1) is 5.57 Å². The number of likely N-dealkylation sites (tertiary alicyclic amines) is 1. The molecule has 37 heavy (non-hydrogen) atoms. The van der Waals surface area contributed by atoms with Crippen LogP contribution in [0.5, 0.6) is 0 Å². The molecular weight excluding hydrogens is 469 g/mol. The molecule has 190 valence electrons. The number of carbonyl (C=O) groups is 2. The highest BCUT2D eigenvalue weighted by atomic mass is 19.1. The van der Waals surface area contributed by atoms with Gasteiger partial charge >= 0.3 is 0 Å². The van der Waals surface area contributed by atoms with Crippen molar-refractivity contribution in [3.05, 3.63) is 95.4 Å². The highest BCUT2D eigenvalue weighted by molar-refractivity contribution is 6.31. The Bertz CT molecular complexity index is 1310. The Kier molecular flexibility index (Phi) is 7.44. The maximum Gasteiger partial charge on any atom is 0.260 e. The van der Waals surface area contributed by atoms with Crippen LogP contribution < -0.4 is 10.6 Å². The maximum absolute atomic E-state index is 13.4. The van der Waals surface area contributed by atoms with Crippen LogP contribution in [0.25, 0.3) is 16.7 Å². The zero-order valence-corrected chi connectivity index (χ0v) is 20.5. The monoisotopic (exact) mass is 499 g/mol. The van der Waals surface area contributed by atoms with E-state index >= 15 is 0 Å². The number of nitrogens with zero attached hydrogens (tertiary/aromatic N) is 1. The third-order valence-electron chi connectivity index (χ3n) is 7.19. The number of carbonyl (C=O) groups excluding carboxylic acids is 2. The number of hydrogen-bond donors (Lipinski definition) is 3. The molecule has 5 rings (SSSR count). The molecule has 6 nitrogen and oxygen atoms in total. The van der Waals surface area contributed by atoms with Crippen molar-refractivity contribution in [2.24, 2.45) is 5.92 Å². The number of aliphatic hydroxyl groups is 1. The van der Waals surface area contributed by atoms with E-state index in [4.69, 9.17) is 5.11 Å². The molecule has 2 amide bonds. The first-order valence-electron chi connectivity index (χ1n) is 12.6. The molecule has 0 atom stereocenters. The van der Waals surface area contributed by atoms with E-state index in [1.165, 1.54) is 17.7 Å². The quantitative estimate of drug-likeness (QED) is 0.321.